The number of ketones is 1. The van der Waals surface area contributed by atoms with Gasteiger partial charge in [-0.25, -0.2) is 0 Å². The fourth-order valence-electron chi connectivity index (χ4n) is 10.6. The molecule has 5 aliphatic rings. The summed E-state index contributed by atoms with van der Waals surface area (Å²) >= 11 is 0. The van der Waals surface area contributed by atoms with Crippen molar-refractivity contribution < 1.29 is 34.4 Å². The summed E-state index contributed by atoms with van der Waals surface area (Å²) in [5, 5.41) is 34.3. The Hall–Kier alpha value is -1.28. The summed E-state index contributed by atoms with van der Waals surface area (Å²) in [6.45, 7) is 17.6. The third kappa shape index (κ3) is 3.89. The lowest BCUT2D eigenvalue weighted by atomic mass is 9.36. The van der Waals surface area contributed by atoms with Crippen LogP contribution in [-0.4, -0.2) is 63.2 Å². The molecular formula is C32H50O7. The van der Waals surface area contributed by atoms with Crippen molar-refractivity contribution in [3.63, 3.8) is 0 Å². The number of carbonyl (C=O) groups excluding carboxylic acids is 2. The predicted octanol–water partition coefficient (Wildman–Crippen LogP) is 4.35. The van der Waals surface area contributed by atoms with Gasteiger partial charge in [0.2, 0.25) is 0 Å². The molecule has 4 fully saturated rings. The molecule has 7 nitrogen and oxygen atoms in total. The van der Waals surface area contributed by atoms with Crippen LogP contribution in [0.1, 0.15) is 101 Å². The van der Waals surface area contributed by atoms with Crippen molar-refractivity contribution in [2.45, 2.75) is 137 Å². The molecule has 1 saturated heterocycles. The second-order valence-corrected chi connectivity index (χ2v) is 15.4. The molecule has 39 heavy (non-hydrogen) atoms. The van der Waals surface area contributed by atoms with Gasteiger partial charge >= 0.3 is 5.97 Å². The lowest BCUT2D eigenvalue weighted by Crippen LogP contribution is -2.65. The number of aliphatic hydroxyl groups is 3. The van der Waals surface area contributed by atoms with E-state index in [1.807, 2.05) is 6.92 Å². The SMILES string of the molecule is CC(=O)O[C@H]([C@@H]1O[C@@H]2C[C@@]3(C)C(=C2[C@H](C)[C@@H]1O)C[C@H](O)[C@@H]1[C@@]2(C)CCC(=O)C(C)(C)[C@@H]2CC[C@@]13C)C(C)(C)O. The summed E-state index contributed by atoms with van der Waals surface area (Å²) in [6.07, 6.45) is 0.853. The Bertz CT molecular complexity index is 1090. The highest BCUT2D eigenvalue weighted by atomic mass is 16.6. The number of Topliss-reactive ketones (excluding diaryl/α,β-unsaturated/α-hetero) is 1. The maximum atomic E-state index is 13.0. The minimum absolute atomic E-state index is 0.0480. The summed E-state index contributed by atoms with van der Waals surface area (Å²) in [7, 11) is 0. The molecule has 0 amide bonds. The van der Waals surface area contributed by atoms with Crippen molar-refractivity contribution in [2.75, 3.05) is 0 Å². The minimum Gasteiger partial charge on any atom is -0.457 e. The molecule has 11 atom stereocenters. The number of hydrogen-bond donors (Lipinski definition) is 3. The van der Waals surface area contributed by atoms with E-state index in [-0.39, 0.29) is 40.1 Å². The highest BCUT2D eigenvalue weighted by molar-refractivity contribution is 5.85. The fraction of sp³-hybridized carbons (Fsp3) is 0.875. The number of fused-ring (bicyclic) bond motifs is 6. The third-order valence-corrected chi connectivity index (χ3v) is 12.6. The van der Waals surface area contributed by atoms with Gasteiger partial charge in [0.05, 0.1) is 23.9 Å². The van der Waals surface area contributed by atoms with Gasteiger partial charge in [-0.2, -0.15) is 0 Å². The molecule has 3 N–H and O–H groups in total. The first-order chi connectivity index (χ1) is 17.8. The van der Waals surface area contributed by atoms with Crippen molar-refractivity contribution in [1.29, 1.82) is 0 Å². The van der Waals surface area contributed by atoms with E-state index in [2.05, 4.69) is 34.6 Å². The Labute approximate surface area is 233 Å². The molecule has 7 heteroatoms. The minimum atomic E-state index is -1.40. The Kier molecular flexibility index (Phi) is 6.64. The predicted molar refractivity (Wildman–Crippen MR) is 147 cm³/mol. The van der Waals surface area contributed by atoms with Gasteiger partial charge in [0.15, 0.2) is 6.10 Å². The first kappa shape index (κ1) is 29.2. The van der Waals surface area contributed by atoms with Crippen LogP contribution in [-0.2, 0) is 19.1 Å². The van der Waals surface area contributed by atoms with Gasteiger partial charge in [0, 0.05) is 24.7 Å². The van der Waals surface area contributed by atoms with Crippen LogP contribution in [0.25, 0.3) is 0 Å². The lowest BCUT2D eigenvalue weighted by Gasteiger charge is -2.68. The molecule has 5 rings (SSSR count). The maximum Gasteiger partial charge on any atom is 0.303 e. The number of esters is 1. The van der Waals surface area contributed by atoms with Gasteiger partial charge in [-0.05, 0) is 79.6 Å². The number of carbonyl (C=O) groups is 2. The zero-order chi connectivity index (χ0) is 29.1. The zero-order valence-corrected chi connectivity index (χ0v) is 25.3. The number of rotatable bonds is 3. The van der Waals surface area contributed by atoms with Crippen LogP contribution in [0, 0.1) is 39.4 Å². The van der Waals surface area contributed by atoms with Crippen molar-refractivity contribution in [3.8, 4) is 0 Å². The number of hydrogen-bond acceptors (Lipinski definition) is 7. The summed E-state index contributed by atoms with van der Waals surface area (Å²) in [6, 6.07) is 0. The molecule has 1 heterocycles. The maximum absolute atomic E-state index is 13.0. The fourth-order valence-corrected chi connectivity index (χ4v) is 10.6. The highest BCUT2D eigenvalue weighted by Gasteiger charge is 2.70. The quantitative estimate of drug-likeness (QED) is 0.356. The van der Waals surface area contributed by atoms with E-state index in [9.17, 15) is 24.9 Å². The van der Waals surface area contributed by atoms with E-state index in [1.165, 1.54) is 12.5 Å². The monoisotopic (exact) mass is 546 g/mol. The van der Waals surface area contributed by atoms with Crippen molar-refractivity contribution in [2.24, 2.45) is 39.4 Å². The third-order valence-electron chi connectivity index (χ3n) is 12.6. The molecule has 0 aromatic heterocycles. The Balaban J connectivity index is 1.55. The van der Waals surface area contributed by atoms with E-state index in [1.54, 1.807) is 13.8 Å². The molecule has 0 aromatic rings. The van der Waals surface area contributed by atoms with Crippen LogP contribution in [0.5, 0.6) is 0 Å². The van der Waals surface area contributed by atoms with E-state index in [0.717, 1.165) is 31.3 Å². The van der Waals surface area contributed by atoms with Gasteiger partial charge < -0.3 is 24.8 Å². The van der Waals surface area contributed by atoms with E-state index in [4.69, 9.17) is 9.47 Å². The molecule has 220 valence electrons. The smallest absolute Gasteiger partial charge is 0.303 e. The van der Waals surface area contributed by atoms with Crippen LogP contribution in [0.2, 0.25) is 0 Å². The van der Waals surface area contributed by atoms with E-state index < -0.39 is 41.4 Å². The molecule has 1 aliphatic heterocycles. The van der Waals surface area contributed by atoms with Crippen LogP contribution in [0.3, 0.4) is 0 Å². The first-order valence-electron chi connectivity index (χ1n) is 15.0. The molecule has 0 spiro atoms. The van der Waals surface area contributed by atoms with Crippen LogP contribution in [0.4, 0.5) is 0 Å². The highest BCUT2D eigenvalue weighted by Crippen LogP contribution is 2.74. The van der Waals surface area contributed by atoms with Crippen molar-refractivity contribution in [1.82, 2.24) is 0 Å². The van der Waals surface area contributed by atoms with Crippen molar-refractivity contribution in [3.05, 3.63) is 11.1 Å². The summed E-state index contributed by atoms with van der Waals surface area (Å²) in [5.41, 5.74) is -0.107. The van der Waals surface area contributed by atoms with E-state index in [0.29, 0.717) is 18.6 Å². The van der Waals surface area contributed by atoms with Crippen LogP contribution in [0.15, 0.2) is 11.1 Å². The normalized spacial score (nSPS) is 48.0. The summed E-state index contributed by atoms with van der Waals surface area (Å²) in [5.74, 6) is -0.170. The first-order valence-corrected chi connectivity index (χ1v) is 15.0. The van der Waals surface area contributed by atoms with Gasteiger partial charge in [0.25, 0.3) is 0 Å². The van der Waals surface area contributed by atoms with Crippen molar-refractivity contribution >= 4 is 11.8 Å². The second kappa shape index (κ2) is 8.86. The summed E-state index contributed by atoms with van der Waals surface area (Å²) < 4.78 is 12.1. The molecule has 0 aromatic carbocycles. The molecule has 0 unspecified atom stereocenters. The summed E-state index contributed by atoms with van der Waals surface area (Å²) in [4.78, 5) is 24.9. The Morgan fingerprint density at radius 1 is 1.13 bits per heavy atom. The molecule has 4 aliphatic carbocycles. The average molecular weight is 547 g/mol. The average Bonchev–Trinajstić information content (AvgIpc) is 3.09. The Morgan fingerprint density at radius 3 is 2.36 bits per heavy atom. The van der Waals surface area contributed by atoms with Gasteiger partial charge in [-0.1, -0.05) is 47.1 Å². The van der Waals surface area contributed by atoms with E-state index >= 15 is 0 Å². The molecule has 3 saturated carbocycles. The molecule has 0 radical (unpaired) electrons. The topological polar surface area (TPSA) is 113 Å². The van der Waals surface area contributed by atoms with Gasteiger partial charge in [0.1, 0.15) is 11.9 Å². The molecule has 0 bridgehead atoms. The number of ether oxygens (including phenoxy) is 2. The Morgan fingerprint density at radius 2 is 1.77 bits per heavy atom. The lowest BCUT2D eigenvalue weighted by molar-refractivity contribution is -0.221. The van der Waals surface area contributed by atoms with Gasteiger partial charge in [-0.15, -0.1) is 0 Å². The molecular weight excluding hydrogens is 496 g/mol. The standard InChI is InChI=1S/C32H50O7/c1-16-23-18-14-19(34)26-30(7)12-11-22(35)28(3,4)21(30)10-13-31(26,8)32(18,9)15-20(23)39-25(24(16)36)27(29(5,6)37)38-17(2)33/h16,19-21,24-27,34,36-37H,10-15H2,1-9H3/t16-,19-,20+,21-,24-,25+,26+,27+,30-,31-,32-/m0/s1. The van der Waals surface area contributed by atoms with Crippen LogP contribution < -0.4 is 0 Å². The number of aliphatic hydroxyl groups excluding tert-OH is 2. The second-order valence-electron chi connectivity index (χ2n) is 15.4. The largest absolute Gasteiger partial charge is 0.457 e. The van der Waals surface area contributed by atoms with Gasteiger partial charge in [-0.3, -0.25) is 9.59 Å². The zero-order valence-electron chi connectivity index (χ0n) is 25.3. The van der Waals surface area contributed by atoms with Crippen LogP contribution >= 0.6 is 0 Å².